The first-order chi connectivity index (χ1) is 12.1. The Bertz CT molecular complexity index is 827. The summed E-state index contributed by atoms with van der Waals surface area (Å²) in [5, 5.41) is 2.84. The highest BCUT2D eigenvalue weighted by Gasteiger charge is 2.07. The Hall–Kier alpha value is -3.14. The predicted molar refractivity (Wildman–Crippen MR) is 102 cm³/mol. The van der Waals surface area contributed by atoms with Crippen molar-refractivity contribution < 1.29 is 4.79 Å². The molecule has 0 atom stereocenters. The number of amides is 1. The number of nitrogens with zero attached hydrogens (tertiary/aromatic N) is 2. The molecule has 0 saturated carbocycles. The molecule has 1 amide bonds. The second-order valence-electron chi connectivity index (χ2n) is 6.01. The highest BCUT2D eigenvalue weighted by Crippen LogP contribution is 2.23. The van der Waals surface area contributed by atoms with Crippen LogP contribution in [0.5, 0.6) is 0 Å². The highest BCUT2D eigenvalue weighted by molar-refractivity contribution is 5.91. The second-order valence-corrected chi connectivity index (χ2v) is 6.01. The Kier molecular flexibility index (Phi) is 5.09. The van der Waals surface area contributed by atoms with Gasteiger partial charge >= 0.3 is 0 Å². The summed E-state index contributed by atoms with van der Waals surface area (Å²) in [7, 11) is 1.99. The number of nitrogens with one attached hydrogen (secondary N) is 1. The van der Waals surface area contributed by atoms with E-state index in [1.165, 1.54) is 5.56 Å². The quantitative estimate of drug-likeness (QED) is 0.756. The van der Waals surface area contributed by atoms with Crippen LogP contribution in [0.15, 0.2) is 72.9 Å². The van der Waals surface area contributed by atoms with Gasteiger partial charge in [-0.05, 0) is 36.8 Å². The van der Waals surface area contributed by atoms with Crippen molar-refractivity contribution in [3.05, 3.63) is 84.1 Å². The first kappa shape index (κ1) is 16.7. The van der Waals surface area contributed by atoms with Gasteiger partial charge < -0.3 is 10.2 Å². The number of hydrogen-bond donors (Lipinski definition) is 1. The second kappa shape index (κ2) is 7.62. The number of anilines is 3. The Morgan fingerprint density at radius 3 is 2.32 bits per heavy atom. The molecule has 4 nitrogen and oxygen atoms in total. The third-order valence-electron chi connectivity index (χ3n) is 4.03. The molecule has 0 aliphatic rings. The van der Waals surface area contributed by atoms with Crippen LogP contribution >= 0.6 is 0 Å². The maximum absolute atomic E-state index is 12.1. The molecule has 1 N–H and O–H groups in total. The van der Waals surface area contributed by atoms with Crippen molar-refractivity contribution in [1.82, 2.24) is 4.98 Å². The number of hydrogen-bond acceptors (Lipinski definition) is 3. The largest absolute Gasteiger partial charge is 0.343 e. The molecule has 0 unspecified atom stereocenters. The van der Waals surface area contributed by atoms with Crippen molar-refractivity contribution in [2.45, 2.75) is 13.3 Å². The molecule has 0 spiro atoms. The average Bonchev–Trinajstić information content (AvgIpc) is 2.64. The van der Waals surface area contributed by atoms with E-state index in [2.05, 4.69) is 10.3 Å². The summed E-state index contributed by atoms with van der Waals surface area (Å²) >= 11 is 0. The van der Waals surface area contributed by atoms with Gasteiger partial charge in [0, 0.05) is 12.7 Å². The number of aryl methyl sites for hydroxylation is 1. The van der Waals surface area contributed by atoms with Crippen molar-refractivity contribution in [2.24, 2.45) is 0 Å². The lowest BCUT2D eigenvalue weighted by molar-refractivity contribution is -0.115. The lowest BCUT2D eigenvalue weighted by atomic mass is 10.1. The third-order valence-corrected chi connectivity index (χ3v) is 4.03. The van der Waals surface area contributed by atoms with Crippen LogP contribution in [-0.2, 0) is 11.2 Å². The minimum absolute atomic E-state index is 0.0690. The van der Waals surface area contributed by atoms with E-state index in [1.807, 2.05) is 85.6 Å². The van der Waals surface area contributed by atoms with Crippen LogP contribution in [0.4, 0.5) is 17.2 Å². The summed E-state index contributed by atoms with van der Waals surface area (Å²) < 4.78 is 0. The zero-order valence-electron chi connectivity index (χ0n) is 14.4. The molecule has 0 fully saturated rings. The first-order valence-electron chi connectivity index (χ1n) is 8.22. The molecule has 1 heterocycles. The first-order valence-corrected chi connectivity index (χ1v) is 8.22. The number of carbonyl (C=O) groups excluding carboxylic acids is 1. The number of carbonyl (C=O) groups is 1. The number of pyridine rings is 1. The van der Waals surface area contributed by atoms with E-state index in [9.17, 15) is 4.79 Å². The zero-order chi connectivity index (χ0) is 17.6. The van der Waals surface area contributed by atoms with Crippen LogP contribution in [0.2, 0.25) is 0 Å². The summed E-state index contributed by atoms with van der Waals surface area (Å²) in [5.74, 6) is 0.489. The minimum atomic E-state index is -0.0690. The van der Waals surface area contributed by atoms with Crippen molar-refractivity contribution in [3.8, 4) is 0 Å². The third kappa shape index (κ3) is 4.44. The van der Waals surface area contributed by atoms with Gasteiger partial charge in [0.25, 0.3) is 0 Å². The van der Waals surface area contributed by atoms with Gasteiger partial charge in [0.15, 0.2) is 0 Å². The molecule has 0 radical (unpaired) electrons. The predicted octanol–water partition coefficient (Wildman–Crippen LogP) is 4.34. The smallest absolute Gasteiger partial charge is 0.229 e. The van der Waals surface area contributed by atoms with Gasteiger partial charge in [-0.3, -0.25) is 4.79 Å². The fourth-order valence-electron chi connectivity index (χ4n) is 2.54. The SMILES string of the molecule is Cc1ccc(CC(=O)Nc2ccc(N(C)c3ccccc3)cn2)cc1. The summed E-state index contributed by atoms with van der Waals surface area (Å²) in [6.45, 7) is 2.03. The zero-order valence-corrected chi connectivity index (χ0v) is 14.4. The van der Waals surface area contributed by atoms with Crippen molar-refractivity contribution in [2.75, 3.05) is 17.3 Å². The van der Waals surface area contributed by atoms with Crippen molar-refractivity contribution in [3.63, 3.8) is 0 Å². The van der Waals surface area contributed by atoms with E-state index in [-0.39, 0.29) is 5.91 Å². The lowest BCUT2D eigenvalue weighted by Gasteiger charge is -2.19. The van der Waals surface area contributed by atoms with E-state index in [0.717, 1.165) is 16.9 Å². The lowest BCUT2D eigenvalue weighted by Crippen LogP contribution is -2.16. The highest BCUT2D eigenvalue weighted by atomic mass is 16.1. The Balaban J connectivity index is 1.62. The Morgan fingerprint density at radius 2 is 1.68 bits per heavy atom. The van der Waals surface area contributed by atoms with E-state index in [0.29, 0.717) is 12.2 Å². The molecule has 126 valence electrons. The molecule has 3 rings (SSSR count). The normalized spacial score (nSPS) is 10.3. The van der Waals surface area contributed by atoms with Gasteiger partial charge in [0.05, 0.1) is 18.3 Å². The average molecular weight is 331 g/mol. The molecule has 25 heavy (non-hydrogen) atoms. The summed E-state index contributed by atoms with van der Waals surface area (Å²) in [4.78, 5) is 18.5. The Morgan fingerprint density at radius 1 is 0.960 bits per heavy atom. The van der Waals surface area contributed by atoms with Crippen LogP contribution in [0, 0.1) is 6.92 Å². The summed E-state index contributed by atoms with van der Waals surface area (Å²) in [5.41, 5.74) is 4.22. The van der Waals surface area contributed by atoms with Crippen LogP contribution < -0.4 is 10.2 Å². The fraction of sp³-hybridized carbons (Fsp3) is 0.143. The van der Waals surface area contributed by atoms with E-state index >= 15 is 0 Å². The molecule has 4 heteroatoms. The van der Waals surface area contributed by atoms with Gasteiger partial charge in [0.1, 0.15) is 5.82 Å². The molecule has 0 aliphatic heterocycles. The molecule has 3 aromatic rings. The fourth-order valence-corrected chi connectivity index (χ4v) is 2.54. The van der Waals surface area contributed by atoms with Gasteiger partial charge in [-0.2, -0.15) is 0 Å². The molecular formula is C21H21N3O. The standard InChI is InChI=1S/C21H21N3O/c1-16-8-10-17(11-9-16)14-21(25)23-20-13-12-19(15-22-20)24(2)18-6-4-3-5-7-18/h3-13,15H,14H2,1-2H3,(H,22,23,25). The molecule has 0 bridgehead atoms. The molecular weight excluding hydrogens is 310 g/mol. The monoisotopic (exact) mass is 331 g/mol. The number of benzene rings is 2. The van der Waals surface area contributed by atoms with Gasteiger partial charge in [-0.1, -0.05) is 48.0 Å². The summed E-state index contributed by atoms with van der Waals surface area (Å²) in [6.07, 6.45) is 2.10. The van der Waals surface area contributed by atoms with Gasteiger partial charge in [0.2, 0.25) is 5.91 Å². The van der Waals surface area contributed by atoms with Crippen molar-refractivity contribution >= 4 is 23.1 Å². The van der Waals surface area contributed by atoms with E-state index in [1.54, 1.807) is 6.20 Å². The molecule has 1 aromatic heterocycles. The van der Waals surface area contributed by atoms with E-state index in [4.69, 9.17) is 0 Å². The van der Waals surface area contributed by atoms with Crippen LogP contribution in [0.1, 0.15) is 11.1 Å². The van der Waals surface area contributed by atoms with Gasteiger partial charge in [-0.25, -0.2) is 4.98 Å². The maximum Gasteiger partial charge on any atom is 0.229 e. The molecule has 0 aliphatic carbocycles. The number of rotatable bonds is 5. The van der Waals surface area contributed by atoms with E-state index < -0.39 is 0 Å². The van der Waals surface area contributed by atoms with Crippen molar-refractivity contribution in [1.29, 1.82) is 0 Å². The summed E-state index contributed by atoms with van der Waals surface area (Å²) in [6, 6.07) is 21.8. The van der Waals surface area contributed by atoms with Crippen LogP contribution in [-0.4, -0.2) is 17.9 Å². The minimum Gasteiger partial charge on any atom is -0.343 e. The maximum atomic E-state index is 12.1. The number of aromatic nitrogens is 1. The molecule has 2 aromatic carbocycles. The van der Waals surface area contributed by atoms with Crippen LogP contribution in [0.25, 0.3) is 0 Å². The topological polar surface area (TPSA) is 45.2 Å². The van der Waals surface area contributed by atoms with Crippen LogP contribution in [0.3, 0.4) is 0 Å². The number of para-hydroxylation sites is 1. The van der Waals surface area contributed by atoms with Gasteiger partial charge in [-0.15, -0.1) is 0 Å². The molecule has 0 saturated heterocycles. The Labute approximate surface area is 148 Å².